The Bertz CT molecular complexity index is 749. The number of amides is 1. The van der Waals surface area contributed by atoms with E-state index in [2.05, 4.69) is 21.8 Å². The smallest absolute Gasteiger partial charge is 0.240 e. The topological polar surface area (TPSA) is 76.7 Å². The summed E-state index contributed by atoms with van der Waals surface area (Å²) in [5, 5.41) is 2.83. The molecule has 2 N–H and O–H groups in total. The zero-order valence-corrected chi connectivity index (χ0v) is 16.0. The van der Waals surface area contributed by atoms with Gasteiger partial charge in [0.05, 0.1) is 7.11 Å². The van der Waals surface area contributed by atoms with Gasteiger partial charge in [0.2, 0.25) is 5.91 Å². The van der Waals surface area contributed by atoms with Crippen molar-refractivity contribution in [1.82, 2.24) is 10.0 Å². The van der Waals surface area contributed by atoms with Gasteiger partial charge < -0.3 is 14.8 Å². The Morgan fingerprint density at radius 3 is 2.64 bits per heavy atom. The summed E-state index contributed by atoms with van der Waals surface area (Å²) in [6.45, 7) is 3.93. The van der Waals surface area contributed by atoms with E-state index in [9.17, 15) is 9.00 Å². The Hall–Kier alpha value is -2.17. The third-order valence-electron chi connectivity index (χ3n) is 3.28. The lowest BCUT2D eigenvalue weighted by atomic mass is 10.1. The molecule has 138 valence electrons. The maximum Gasteiger partial charge on any atom is 0.240 e. The Labute approximate surface area is 150 Å². The second-order valence-electron chi connectivity index (χ2n) is 6.22. The predicted octanol–water partition coefficient (Wildman–Crippen LogP) is 0.995. The van der Waals surface area contributed by atoms with Crippen LogP contribution in [-0.2, 0) is 20.9 Å². The van der Waals surface area contributed by atoms with E-state index in [0.29, 0.717) is 24.5 Å². The summed E-state index contributed by atoms with van der Waals surface area (Å²) in [5.74, 6) is 6.83. The fraction of sp³-hybridized carbons (Fsp3) is 0.444. The van der Waals surface area contributed by atoms with Gasteiger partial charge in [-0.25, -0.2) is 4.72 Å². The molecule has 0 saturated heterocycles. The van der Waals surface area contributed by atoms with Gasteiger partial charge in [-0.2, -0.15) is 0 Å². The van der Waals surface area contributed by atoms with Crippen LogP contribution in [0.2, 0.25) is 0 Å². The molecule has 0 aliphatic carbocycles. The van der Waals surface area contributed by atoms with Gasteiger partial charge in [-0.1, -0.05) is 12.0 Å². The first kappa shape index (κ1) is 20.9. The number of hydrogen-bond donors (Lipinski definition) is 2. The molecule has 0 saturated carbocycles. The third-order valence-corrected chi connectivity index (χ3v) is 4.22. The van der Waals surface area contributed by atoms with Crippen molar-refractivity contribution in [2.45, 2.75) is 25.8 Å². The van der Waals surface area contributed by atoms with Gasteiger partial charge in [-0.3, -0.25) is 9.00 Å². The first-order valence-electron chi connectivity index (χ1n) is 7.71. The second kappa shape index (κ2) is 8.79. The number of terminal acetylenes is 1. The summed E-state index contributed by atoms with van der Waals surface area (Å²) in [5.41, 5.74) is 0.00508. The quantitative estimate of drug-likeness (QED) is 0.505. The number of ether oxygens (including phenoxy) is 2. The maximum absolute atomic E-state index is 12.2. The summed E-state index contributed by atoms with van der Waals surface area (Å²) in [6, 6.07) is 5.52. The molecule has 1 aromatic rings. The van der Waals surface area contributed by atoms with E-state index in [-0.39, 0.29) is 12.5 Å². The second-order valence-corrected chi connectivity index (χ2v) is 8.43. The van der Waals surface area contributed by atoms with Gasteiger partial charge in [-0.05, 0) is 43.8 Å². The minimum Gasteiger partial charge on any atom is -0.493 e. The predicted molar refractivity (Wildman–Crippen MR) is 102 cm³/mol. The van der Waals surface area contributed by atoms with Crippen molar-refractivity contribution >= 4 is 21.5 Å². The average Bonchev–Trinajstić information content (AvgIpc) is 2.51. The fourth-order valence-electron chi connectivity index (χ4n) is 2.23. The minimum atomic E-state index is -2.48. The molecule has 7 heteroatoms. The fourth-order valence-corrected chi connectivity index (χ4v) is 3.41. The normalized spacial score (nSPS) is 13.4. The van der Waals surface area contributed by atoms with Crippen LogP contribution < -0.4 is 19.5 Å². The van der Waals surface area contributed by atoms with Gasteiger partial charge in [0.25, 0.3) is 0 Å². The van der Waals surface area contributed by atoms with Crippen LogP contribution in [0, 0.1) is 12.3 Å². The molecule has 0 bridgehead atoms. The lowest BCUT2D eigenvalue weighted by molar-refractivity contribution is -0.125. The summed E-state index contributed by atoms with van der Waals surface area (Å²) in [7, 11) is -0.926. The van der Waals surface area contributed by atoms with Crippen LogP contribution in [0.3, 0.4) is 0 Å². The summed E-state index contributed by atoms with van der Waals surface area (Å²) in [4.78, 5) is 12.2. The first-order valence-corrected chi connectivity index (χ1v) is 9.85. The Balaban J connectivity index is 2.64. The van der Waals surface area contributed by atoms with Crippen molar-refractivity contribution < 1.29 is 18.5 Å². The number of nitrogens with one attached hydrogen (secondary N) is 2. The van der Waals surface area contributed by atoms with E-state index < -0.39 is 15.2 Å². The standard InChI is InChI=1S/C18H26N2O4S/c1-7-12-24-15-9-8-14(13-16(15)23-4)10-11-19-17(21)18(2,3)20-25(5,6)22/h1,8-9,13H,5,10-12H2,2-4,6H3,(H,19,21)(H,20,22). The first-order chi connectivity index (χ1) is 11.6. The van der Waals surface area contributed by atoms with Gasteiger partial charge in [0, 0.05) is 22.5 Å². The third kappa shape index (κ3) is 7.08. The van der Waals surface area contributed by atoms with Crippen molar-refractivity contribution in [2.75, 3.05) is 26.5 Å². The van der Waals surface area contributed by atoms with Crippen LogP contribution in [0.4, 0.5) is 0 Å². The van der Waals surface area contributed by atoms with Crippen LogP contribution in [-0.4, -0.2) is 48.0 Å². The molecule has 0 fully saturated rings. The molecule has 1 amide bonds. The van der Waals surface area contributed by atoms with Crippen molar-refractivity contribution in [3.8, 4) is 23.8 Å². The molecule has 0 radical (unpaired) electrons. The van der Waals surface area contributed by atoms with E-state index in [0.717, 1.165) is 5.56 Å². The average molecular weight is 366 g/mol. The van der Waals surface area contributed by atoms with Crippen LogP contribution >= 0.6 is 0 Å². The summed E-state index contributed by atoms with van der Waals surface area (Å²) in [6.07, 6.45) is 7.25. The molecule has 0 heterocycles. The summed E-state index contributed by atoms with van der Waals surface area (Å²) >= 11 is 0. The number of hydrogen-bond acceptors (Lipinski definition) is 4. The zero-order chi connectivity index (χ0) is 19.1. The van der Waals surface area contributed by atoms with Crippen molar-refractivity contribution in [3.63, 3.8) is 0 Å². The number of rotatable bonds is 9. The van der Waals surface area contributed by atoms with Gasteiger partial charge in [0.15, 0.2) is 11.5 Å². The van der Waals surface area contributed by atoms with Crippen LogP contribution in [0.25, 0.3) is 0 Å². The summed E-state index contributed by atoms with van der Waals surface area (Å²) < 4.78 is 25.2. The largest absolute Gasteiger partial charge is 0.493 e. The molecule has 0 aliphatic heterocycles. The zero-order valence-electron chi connectivity index (χ0n) is 15.2. The number of carbonyl (C=O) groups is 1. The van der Waals surface area contributed by atoms with Crippen LogP contribution in [0.1, 0.15) is 19.4 Å². The highest BCUT2D eigenvalue weighted by Crippen LogP contribution is 2.28. The molecule has 1 rings (SSSR count). The molecular formula is C18H26N2O4S. The number of carbonyl (C=O) groups excluding carboxylic acids is 1. The highest BCUT2D eigenvalue weighted by atomic mass is 32.2. The van der Waals surface area contributed by atoms with E-state index >= 15 is 0 Å². The maximum atomic E-state index is 12.2. The highest BCUT2D eigenvalue weighted by Gasteiger charge is 2.28. The molecule has 25 heavy (non-hydrogen) atoms. The molecule has 0 spiro atoms. The molecule has 0 aliphatic rings. The van der Waals surface area contributed by atoms with Crippen molar-refractivity contribution in [2.24, 2.45) is 0 Å². The van der Waals surface area contributed by atoms with Gasteiger partial charge >= 0.3 is 0 Å². The van der Waals surface area contributed by atoms with E-state index in [1.807, 2.05) is 12.1 Å². The van der Waals surface area contributed by atoms with E-state index in [1.165, 1.54) is 6.26 Å². The molecule has 1 atom stereocenters. The SMILES string of the molecule is C#CCOc1ccc(CCNC(=O)C(C)(C)NS(=C)(C)=O)cc1OC. The molecular weight excluding hydrogens is 340 g/mol. The molecule has 0 aromatic heterocycles. The van der Waals surface area contributed by atoms with E-state index in [4.69, 9.17) is 15.9 Å². The Kier molecular flexibility index (Phi) is 7.34. The lowest BCUT2D eigenvalue weighted by Gasteiger charge is -2.25. The Morgan fingerprint density at radius 2 is 2.08 bits per heavy atom. The van der Waals surface area contributed by atoms with Crippen molar-refractivity contribution in [3.05, 3.63) is 23.8 Å². The van der Waals surface area contributed by atoms with Crippen LogP contribution in [0.15, 0.2) is 18.2 Å². The monoisotopic (exact) mass is 366 g/mol. The van der Waals surface area contributed by atoms with Crippen molar-refractivity contribution in [1.29, 1.82) is 0 Å². The number of benzene rings is 1. The van der Waals surface area contributed by atoms with Gasteiger partial charge in [0.1, 0.15) is 12.1 Å². The van der Waals surface area contributed by atoms with Gasteiger partial charge in [-0.15, -0.1) is 6.42 Å². The Morgan fingerprint density at radius 1 is 1.40 bits per heavy atom. The molecule has 1 unspecified atom stereocenters. The molecule has 1 aromatic carbocycles. The number of methoxy groups -OCH3 is 1. The minimum absolute atomic E-state index is 0.167. The molecule has 6 nitrogen and oxygen atoms in total. The lowest BCUT2D eigenvalue weighted by Crippen LogP contribution is -2.54. The van der Waals surface area contributed by atoms with E-state index in [1.54, 1.807) is 27.0 Å². The highest BCUT2D eigenvalue weighted by molar-refractivity contribution is 7.97. The van der Waals surface area contributed by atoms with Crippen LogP contribution in [0.5, 0.6) is 11.5 Å².